The third-order valence-electron chi connectivity index (χ3n) is 3.65. The summed E-state index contributed by atoms with van der Waals surface area (Å²) < 4.78 is 34.7. The molecule has 0 aliphatic rings. The summed E-state index contributed by atoms with van der Waals surface area (Å²) in [7, 11) is -4.49. The molecule has 0 aromatic carbocycles. The Balaban J connectivity index is 0. The maximum atomic E-state index is 10.2. The van der Waals surface area contributed by atoms with E-state index < -0.39 is 10.4 Å². The van der Waals surface area contributed by atoms with Gasteiger partial charge in [0.25, 0.3) is 0 Å². The molecule has 0 spiro atoms. The van der Waals surface area contributed by atoms with Gasteiger partial charge in [-0.25, -0.2) is 8.42 Å². The van der Waals surface area contributed by atoms with Gasteiger partial charge in [0.2, 0.25) is 10.4 Å². The van der Waals surface area contributed by atoms with Crippen LogP contribution in [0.2, 0.25) is 0 Å². The number of hydrogen-bond acceptors (Lipinski definition) is 4. The van der Waals surface area contributed by atoms with Crippen molar-refractivity contribution in [2.45, 2.75) is 90.9 Å². The summed E-state index contributed by atoms with van der Waals surface area (Å²) in [5.41, 5.74) is 0. The van der Waals surface area contributed by atoms with E-state index in [1.807, 2.05) is 0 Å². The minimum absolute atomic E-state index is 0. The molecular formula is C16H33NaO4S. The van der Waals surface area contributed by atoms with Gasteiger partial charge in [-0.1, -0.05) is 84.5 Å². The van der Waals surface area contributed by atoms with Gasteiger partial charge < -0.3 is 4.55 Å². The average molecular weight is 344 g/mol. The van der Waals surface area contributed by atoms with Crippen LogP contribution in [0.25, 0.3) is 0 Å². The van der Waals surface area contributed by atoms with E-state index in [0.717, 1.165) is 18.8 Å². The van der Waals surface area contributed by atoms with E-state index in [2.05, 4.69) is 18.0 Å². The van der Waals surface area contributed by atoms with Gasteiger partial charge in [-0.3, -0.25) is 4.18 Å². The second-order valence-electron chi connectivity index (χ2n) is 6.30. The van der Waals surface area contributed by atoms with Crippen LogP contribution in [-0.4, -0.2) is 19.6 Å². The van der Waals surface area contributed by atoms with Crippen molar-refractivity contribution in [1.82, 2.24) is 0 Å². The predicted octanol–water partition coefficient (Wildman–Crippen LogP) is 1.80. The van der Waals surface area contributed by atoms with Crippen LogP contribution in [0.4, 0.5) is 0 Å². The van der Waals surface area contributed by atoms with E-state index in [-0.39, 0.29) is 36.2 Å². The normalized spacial score (nSPS) is 11.6. The molecule has 0 saturated heterocycles. The Bertz CT molecular complexity index is 318. The van der Waals surface area contributed by atoms with Crippen LogP contribution in [0.1, 0.15) is 90.9 Å². The summed E-state index contributed by atoms with van der Waals surface area (Å²) in [6.45, 7) is 4.60. The molecule has 0 amide bonds. The smallest absolute Gasteiger partial charge is 0.726 e. The van der Waals surface area contributed by atoms with Crippen molar-refractivity contribution in [2.75, 3.05) is 6.61 Å². The minimum atomic E-state index is -4.49. The Morgan fingerprint density at radius 2 is 1.14 bits per heavy atom. The summed E-state index contributed by atoms with van der Waals surface area (Å²) in [6, 6.07) is 0. The standard InChI is InChI=1S/C16H34O4S.Na/c1-16(2)14-12-10-8-6-4-3-5-7-9-11-13-15-20-21(17,18)19;/h16H,3-15H2,1-2H3,(H,17,18,19);/q;+1/p-1. The largest absolute Gasteiger partial charge is 1.00 e. The molecule has 0 aliphatic carbocycles. The van der Waals surface area contributed by atoms with Crippen molar-refractivity contribution in [2.24, 2.45) is 5.92 Å². The number of hydrogen-bond donors (Lipinski definition) is 0. The van der Waals surface area contributed by atoms with Crippen molar-refractivity contribution in [1.29, 1.82) is 0 Å². The van der Waals surface area contributed by atoms with Crippen LogP contribution < -0.4 is 29.6 Å². The second kappa shape index (κ2) is 16.7. The summed E-state index contributed by atoms with van der Waals surface area (Å²) >= 11 is 0. The molecule has 0 aromatic heterocycles. The van der Waals surface area contributed by atoms with Gasteiger partial charge in [0.05, 0.1) is 6.61 Å². The van der Waals surface area contributed by atoms with Crippen LogP contribution in [0.3, 0.4) is 0 Å². The first-order valence-electron chi connectivity index (χ1n) is 8.52. The van der Waals surface area contributed by atoms with Crippen molar-refractivity contribution in [3.05, 3.63) is 0 Å². The molecule has 0 atom stereocenters. The Hall–Kier alpha value is 0.870. The molecule has 22 heavy (non-hydrogen) atoms. The first-order chi connectivity index (χ1) is 9.92. The van der Waals surface area contributed by atoms with Crippen LogP contribution in [0.15, 0.2) is 0 Å². The molecule has 0 bridgehead atoms. The minimum Gasteiger partial charge on any atom is -0.726 e. The Kier molecular flexibility index (Phi) is 19.1. The molecule has 128 valence electrons. The number of unbranched alkanes of at least 4 members (excludes halogenated alkanes) is 10. The average Bonchev–Trinajstić information content (AvgIpc) is 2.37. The van der Waals surface area contributed by atoms with Crippen molar-refractivity contribution < 1.29 is 46.7 Å². The molecule has 0 unspecified atom stereocenters. The molecule has 4 nitrogen and oxygen atoms in total. The molecule has 0 fully saturated rings. The zero-order valence-corrected chi connectivity index (χ0v) is 17.6. The molecule has 0 N–H and O–H groups in total. The maximum Gasteiger partial charge on any atom is 1.00 e. The quantitative estimate of drug-likeness (QED) is 0.197. The molecule has 0 radical (unpaired) electrons. The molecule has 0 aliphatic heterocycles. The fourth-order valence-electron chi connectivity index (χ4n) is 2.41. The fraction of sp³-hybridized carbons (Fsp3) is 1.00. The van der Waals surface area contributed by atoms with Crippen LogP contribution in [0, 0.1) is 5.92 Å². The molecule has 0 aromatic rings. The summed E-state index contributed by atoms with van der Waals surface area (Å²) in [5.74, 6) is 0.837. The Morgan fingerprint density at radius 1 is 0.773 bits per heavy atom. The van der Waals surface area contributed by atoms with E-state index in [1.54, 1.807) is 0 Å². The molecular weight excluding hydrogens is 311 g/mol. The molecule has 0 rings (SSSR count). The Labute approximate surface area is 160 Å². The first kappa shape index (κ1) is 25.1. The van der Waals surface area contributed by atoms with E-state index in [9.17, 15) is 13.0 Å². The van der Waals surface area contributed by atoms with E-state index in [4.69, 9.17) is 0 Å². The van der Waals surface area contributed by atoms with Gasteiger partial charge in [0.15, 0.2) is 0 Å². The topological polar surface area (TPSA) is 66.4 Å². The predicted molar refractivity (Wildman–Crippen MR) is 85.9 cm³/mol. The molecule has 6 heteroatoms. The second-order valence-corrected chi connectivity index (χ2v) is 7.35. The Morgan fingerprint density at radius 3 is 1.50 bits per heavy atom. The maximum absolute atomic E-state index is 10.2. The third kappa shape index (κ3) is 23.1. The van der Waals surface area contributed by atoms with Gasteiger partial charge in [-0.15, -0.1) is 0 Å². The SMILES string of the molecule is CC(C)CCCCCCCCCCCCCOS(=O)(=O)[O-].[Na+]. The van der Waals surface area contributed by atoms with Crippen LogP contribution in [0.5, 0.6) is 0 Å². The van der Waals surface area contributed by atoms with Gasteiger partial charge >= 0.3 is 29.6 Å². The number of rotatable bonds is 15. The fourth-order valence-corrected chi connectivity index (χ4v) is 2.73. The van der Waals surface area contributed by atoms with Crippen molar-refractivity contribution >= 4 is 10.4 Å². The molecule has 0 saturated carbocycles. The zero-order valence-electron chi connectivity index (χ0n) is 14.8. The third-order valence-corrected chi connectivity index (χ3v) is 4.11. The summed E-state index contributed by atoms with van der Waals surface area (Å²) in [5, 5.41) is 0. The van der Waals surface area contributed by atoms with Gasteiger partial charge in [-0.2, -0.15) is 0 Å². The van der Waals surface area contributed by atoms with Crippen LogP contribution in [-0.2, 0) is 14.6 Å². The molecule has 0 heterocycles. The van der Waals surface area contributed by atoms with Gasteiger partial charge in [0, 0.05) is 0 Å². The zero-order chi connectivity index (χ0) is 16.0. The monoisotopic (exact) mass is 344 g/mol. The van der Waals surface area contributed by atoms with E-state index in [1.165, 1.54) is 57.8 Å². The van der Waals surface area contributed by atoms with Crippen molar-refractivity contribution in [3.8, 4) is 0 Å². The van der Waals surface area contributed by atoms with Gasteiger partial charge in [-0.05, 0) is 12.3 Å². The van der Waals surface area contributed by atoms with Crippen LogP contribution >= 0.6 is 0 Å². The first-order valence-corrected chi connectivity index (χ1v) is 9.85. The summed E-state index contributed by atoms with van der Waals surface area (Å²) in [4.78, 5) is 0. The van der Waals surface area contributed by atoms with E-state index in [0.29, 0.717) is 6.42 Å². The summed E-state index contributed by atoms with van der Waals surface area (Å²) in [6.07, 6.45) is 14.6. The van der Waals surface area contributed by atoms with E-state index >= 15 is 0 Å². The van der Waals surface area contributed by atoms with Crippen molar-refractivity contribution in [3.63, 3.8) is 0 Å². The van der Waals surface area contributed by atoms with Gasteiger partial charge in [0.1, 0.15) is 0 Å².